The lowest BCUT2D eigenvalue weighted by Gasteiger charge is -2.21. The molecular weight excluding hydrogens is 418 g/mol. The molecule has 0 aliphatic carbocycles. The maximum Gasteiger partial charge on any atom is 0.300 e. The van der Waals surface area contributed by atoms with E-state index in [0.29, 0.717) is 23.7 Å². The van der Waals surface area contributed by atoms with E-state index < -0.39 is 13.2 Å². The van der Waals surface area contributed by atoms with Crippen LogP contribution in [0, 0.1) is 10.1 Å². The van der Waals surface area contributed by atoms with E-state index in [1.807, 2.05) is 12.1 Å². The fourth-order valence-corrected chi connectivity index (χ4v) is 3.70. The van der Waals surface area contributed by atoms with Gasteiger partial charge in [-0.05, 0) is 60.3 Å². The number of anilines is 2. The van der Waals surface area contributed by atoms with Gasteiger partial charge in [-0.2, -0.15) is 0 Å². The Kier molecular flexibility index (Phi) is 6.35. The summed E-state index contributed by atoms with van der Waals surface area (Å²) in [5.41, 5.74) is 2.13. The molecule has 1 heterocycles. The summed E-state index contributed by atoms with van der Waals surface area (Å²) in [6.45, 7) is 10.5. The van der Waals surface area contributed by atoms with Gasteiger partial charge in [-0.25, -0.2) is 4.63 Å². The number of amides is 1. The van der Waals surface area contributed by atoms with E-state index >= 15 is 0 Å². The lowest BCUT2D eigenvalue weighted by Crippen LogP contribution is -2.24. The smallest absolute Gasteiger partial charge is 0.300 e. The van der Waals surface area contributed by atoms with Crippen LogP contribution >= 0.6 is 0 Å². The van der Waals surface area contributed by atoms with Gasteiger partial charge in [0.25, 0.3) is 0 Å². The highest BCUT2D eigenvalue weighted by molar-refractivity contribution is 6.70. The van der Waals surface area contributed by atoms with E-state index in [2.05, 4.69) is 51.8 Å². The van der Waals surface area contributed by atoms with Crippen molar-refractivity contribution in [3.8, 4) is 0 Å². The maximum absolute atomic E-state index is 12.2. The Labute approximate surface area is 179 Å². The number of nitrogens with zero attached hydrogens (tertiary/aromatic N) is 3. The number of hydrogen-bond acceptors (Lipinski definition) is 8. The quantitative estimate of drug-likeness (QED) is 0.216. The maximum atomic E-state index is 12.2. The van der Waals surface area contributed by atoms with Crippen LogP contribution in [0.1, 0.15) is 12.0 Å². The second kappa shape index (κ2) is 8.96. The van der Waals surface area contributed by atoms with Crippen LogP contribution in [0.5, 0.6) is 0 Å². The molecule has 2 N–H and O–H groups in total. The standard InChI is InChI=1S/C20H23N5O5Si/c1-13(29-31(2,3)4)14-5-7-15(8-6-14)22-18(26)11-12-21-16-9-10-17(25(27)28)20-19(16)23-30-24-20/h5-10,21H,1,11-12H2,2-4H3,(H,22,26). The number of carbonyl (C=O) groups is 1. The van der Waals surface area contributed by atoms with Crippen LogP contribution in [0.4, 0.5) is 17.1 Å². The zero-order chi connectivity index (χ0) is 22.6. The molecule has 3 rings (SSSR count). The molecule has 1 amide bonds. The summed E-state index contributed by atoms with van der Waals surface area (Å²) in [5.74, 6) is 0.437. The van der Waals surface area contributed by atoms with Gasteiger partial charge in [0.1, 0.15) is 5.76 Å². The Morgan fingerprint density at radius 1 is 1.16 bits per heavy atom. The van der Waals surface area contributed by atoms with Crippen molar-refractivity contribution < 1.29 is 18.8 Å². The van der Waals surface area contributed by atoms with Crippen LogP contribution in [-0.4, -0.2) is 36.0 Å². The molecule has 11 heteroatoms. The Morgan fingerprint density at radius 3 is 2.48 bits per heavy atom. The highest BCUT2D eigenvalue weighted by Crippen LogP contribution is 2.28. The zero-order valence-electron chi connectivity index (χ0n) is 17.5. The third-order valence-electron chi connectivity index (χ3n) is 4.18. The molecular formula is C20H23N5O5Si. The van der Waals surface area contributed by atoms with Gasteiger partial charge >= 0.3 is 5.69 Å². The number of nitro groups is 1. The van der Waals surface area contributed by atoms with Crippen LogP contribution < -0.4 is 10.6 Å². The van der Waals surface area contributed by atoms with E-state index in [0.717, 1.165) is 5.56 Å². The van der Waals surface area contributed by atoms with Crippen molar-refractivity contribution in [1.29, 1.82) is 0 Å². The summed E-state index contributed by atoms with van der Waals surface area (Å²) in [6.07, 6.45) is 0.178. The van der Waals surface area contributed by atoms with Crippen molar-refractivity contribution in [1.82, 2.24) is 10.3 Å². The number of aromatic nitrogens is 2. The van der Waals surface area contributed by atoms with E-state index in [9.17, 15) is 14.9 Å². The van der Waals surface area contributed by atoms with E-state index in [1.165, 1.54) is 12.1 Å². The average Bonchev–Trinajstić information content (AvgIpc) is 3.17. The van der Waals surface area contributed by atoms with Crippen molar-refractivity contribution in [2.75, 3.05) is 17.2 Å². The molecule has 0 bridgehead atoms. The van der Waals surface area contributed by atoms with Gasteiger partial charge in [-0.3, -0.25) is 14.9 Å². The highest BCUT2D eigenvalue weighted by Gasteiger charge is 2.20. The third-order valence-corrected chi connectivity index (χ3v) is 5.04. The van der Waals surface area contributed by atoms with Crippen LogP contribution in [0.15, 0.2) is 47.6 Å². The molecule has 10 nitrogen and oxygen atoms in total. The van der Waals surface area contributed by atoms with Crippen LogP contribution in [0.25, 0.3) is 16.8 Å². The second-order valence-electron chi connectivity index (χ2n) is 7.79. The number of hydrogen-bond donors (Lipinski definition) is 2. The fraction of sp³-hybridized carbons (Fsp3) is 0.250. The normalized spacial score (nSPS) is 11.2. The molecule has 2 aromatic carbocycles. The Balaban J connectivity index is 1.54. The predicted octanol–water partition coefficient (Wildman–Crippen LogP) is 4.39. The van der Waals surface area contributed by atoms with E-state index in [1.54, 1.807) is 12.1 Å². The van der Waals surface area contributed by atoms with Crippen molar-refractivity contribution in [3.05, 3.63) is 58.7 Å². The Bertz CT molecular complexity index is 1120. The number of benzene rings is 2. The third kappa shape index (κ3) is 5.66. The molecule has 3 aromatic rings. The summed E-state index contributed by atoms with van der Waals surface area (Å²) >= 11 is 0. The SMILES string of the molecule is C=C(O[Si](C)(C)C)c1ccc(NC(=O)CCNc2ccc([N+](=O)[O-])c3nonc23)cc1. The molecule has 0 aliphatic heterocycles. The number of carbonyl (C=O) groups excluding carboxylic acids is 1. The number of fused-ring (bicyclic) bond motifs is 1. The molecule has 31 heavy (non-hydrogen) atoms. The molecule has 0 unspecified atom stereocenters. The largest absolute Gasteiger partial charge is 0.544 e. The molecule has 0 saturated carbocycles. The highest BCUT2D eigenvalue weighted by atomic mass is 28.4. The van der Waals surface area contributed by atoms with E-state index in [-0.39, 0.29) is 29.0 Å². The minimum Gasteiger partial charge on any atom is -0.544 e. The number of rotatable bonds is 9. The van der Waals surface area contributed by atoms with Crippen LogP contribution in [0.3, 0.4) is 0 Å². The van der Waals surface area contributed by atoms with Gasteiger partial charge in [-0.1, -0.05) is 6.58 Å². The summed E-state index contributed by atoms with van der Waals surface area (Å²) in [4.78, 5) is 22.7. The Hall–Kier alpha value is -3.73. The molecule has 0 aliphatic rings. The fourth-order valence-electron chi connectivity index (χ4n) is 2.85. The average molecular weight is 442 g/mol. The van der Waals surface area contributed by atoms with Crippen LogP contribution in [0.2, 0.25) is 19.6 Å². The first kappa shape index (κ1) is 22.0. The Morgan fingerprint density at radius 2 is 1.84 bits per heavy atom. The topological polar surface area (TPSA) is 132 Å². The first-order valence-corrected chi connectivity index (χ1v) is 13.0. The van der Waals surface area contributed by atoms with Crippen molar-refractivity contribution in [2.45, 2.75) is 26.1 Å². The summed E-state index contributed by atoms with van der Waals surface area (Å²) in [6, 6.07) is 10.1. The number of non-ortho nitro benzene ring substituents is 1. The number of nitrogens with one attached hydrogen (secondary N) is 2. The molecule has 0 spiro atoms. The van der Waals surface area contributed by atoms with Gasteiger partial charge in [0.2, 0.25) is 19.7 Å². The van der Waals surface area contributed by atoms with E-state index in [4.69, 9.17) is 4.43 Å². The van der Waals surface area contributed by atoms with Crippen molar-refractivity contribution >= 4 is 48.1 Å². The summed E-state index contributed by atoms with van der Waals surface area (Å²) < 4.78 is 10.5. The second-order valence-corrected chi connectivity index (χ2v) is 12.2. The summed E-state index contributed by atoms with van der Waals surface area (Å²) in [5, 5.41) is 24.2. The van der Waals surface area contributed by atoms with Gasteiger partial charge in [-0.15, -0.1) is 0 Å². The van der Waals surface area contributed by atoms with Gasteiger partial charge in [0, 0.05) is 30.3 Å². The number of nitro benzene ring substituents is 1. The molecule has 1 aromatic heterocycles. The lowest BCUT2D eigenvalue weighted by molar-refractivity contribution is -0.383. The molecule has 162 valence electrons. The molecule has 0 fully saturated rings. The molecule has 0 atom stereocenters. The van der Waals surface area contributed by atoms with Crippen molar-refractivity contribution in [3.63, 3.8) is 0 Å². The lowest BCUT2D eigenvalue weighted by atomic mass is 10.2. The monoisotopic (exact) mass is 441 g/mol. The minimum atomic E-state index is -1.73. The molecule has 0 radical (unpaired) electrons. The first-order chi connectivity index (χ1) is 14.6. The predicted molar refractivity (Wildman–Crippen MR) is 120 cm³/mol. The van der Waals surface area contributed by atoms with Gasteiger partial charge < -0.3 is 15.1 Å². The zero-order valence-corrected chi connectivity index (χ0v) is 18.5. The summed E-state index contributed by atoms with van der Waals surface area (Å²) in [7, 11) is -1.73. The van der Waals surface area contributed by atoms with Gasteiger partial charge in [0.05, 0.1) is 10.6 Å². The molecule has 0 saturated heterocycles. The van der Waals surface area contributed by atoms with Crippen molar-refractivity contribution in [2.24, 2.45) is 0 Å². The first-order valence-electron chi connectivity index (χ1n) is 9.56. The van der Waals surface area contributed by atoms with Gasteiger partial charge in [0.15, 0.2) is 5.52 Å². The van der Waals surface area contributed by atoms with Crippen LogP contribution in [-0.2, 0) is 9.22 Å². The minimum absolute atomic E-state index is 0.0548.